The van der Waals surface area contributed by atoms with Crippen LogP contribution in [0.3, 0.4) is 0 Å². The van der Waals surface area contributed by atoms with E-state index in [0.29, 0.717) is 4.34 Å². The van der Waals surface area contributed by atoms with E-state index in [1.165, 1.54) is 31.1 Å². The lowest BCUT2D eigenvalue weighted by Crippen LogP contribution is -2.39. The van der Waals surface area contributed by atoms with Crippen molar-refractivity contribution in [1.29, 1.82) is 5.26 Å². The number of hydrogen-bond acceptors (Lipinski definition) is 5. The number of halogens is 1. The summed E-state index contributed by atoms with van der Waals surface area (Å²) >= 11 is 6.65. The topological polar surface area (TPSA) is 81.5 Å². The second-order valence-corrected chi connectivity index (χ2v) is 8.03. The molecule has 0 saturated heterocycles. The normalized spacial score (nSPS) is 11.3. The molecule has 9 heteroatoms. The van der Waals surface area contributed by atoms with Crippen LogP contribution in [0.25, 0.3) is 0 Å². The van der Waals surface area contributed by atoms with E-state index in [1.807, 2.05) is 6.07 Å². The second-order valence-electron chi connectivity index (χ2n) is 4.04. The molecule has 20 heavy (non-hydrogen) atoms. The number of amides is 1. The molecule has 6 nitrogen and oxygen atoms in total. The summed E-state index contributed by atoms with van der Waals surface area (Å²) in [7, 11) is -0.850. The maximum Gasteiger partial charge on any atom is 0.252 e. The van der Waals surface area contributed by atoms with Crippen LogP contribution in [0.2, 0.25) is 4.34 Å². The van der Waals surface area contributed by atoms with Crippen LogP contribution in [0.1, 0.15) is 6.42 Å². The highest BCUT2D eigenvalue weighted by Crippen LogP contribution is 2.27. The summed E-state index contributed by atoms with van der Waals surface area (Å²) in [4.78, 5) is 13.2. The summed E-state index contributed by atoms with van der Waals surface area (Å²) in [6.07, 6.45) is 0.208. The zero-order valence-electron chi connectivity index (χ0n) is 11.0. The monoisotopic (exact) mass is 335 g/mol. The third kappa shape index (κ3) is 4.18. The number of likely N-dealkylation sites (N-methyl/N-ethyl adjacent to an activating group) is 2. The van der Waals surface area contributed by atoms with E-state index in [2.05, 4.69) is 0 Å². The number of rotatable bonds is 6. The van der Waals surface area contributed by atoms with Gasteiger partial charge in [-0.15, -0.1) is 11.3 Å². The van der Waals surface area contributed by atoms with Gasteiger partial charge in [0.2, 0.25) is 5.91 Å². The lowest BCUT2D eigenvalue weighted by molar-refractivity contribution is -0.129. The number of carbonyl (C=O) groups is 1. The van der Waals surface area contributed by atoms with E-state index in [4.69, 9.17) is 16.9 Å². The fourth-order valence-corrected chi connectivity index (χ4v) is 4.14. The molecule has 0 aliphatic heterocycles. The first-order valence-corrected chi connectivity index (χ1v) is 8.25. The van der Waals surface area contributed by atoms with Crippen LogP contribution < -0.4 is 0 Å². The van der Waals surface area contributed by atoms with Gasteiger partial charge in [0.25, 0.3) is 10.0 Å². The number of thiophene rings is 1. The van der Waals surface area contributed by atoms with Gasteiger partial charge in [-0.1, -0.05) is 11.6 Å². The van der Waals surface area contributed by atoms with E-state index in [0.717, 1.165) is 15.6 Å². The zero-order chi connectivity index (χ0) is 15.3. The maximum absolute atomic E-state index is 12.2. The van der Waals surface area contributed by atoms with Crippen molar-refractivity contribution < 1.29 is 13.2 Å². The van der Waals surface area contributed by atoms with Gasteiger partial charge in [0.15, 0.2) is 0 Å². The number of carbonyl (C=O) groups excluding carboxylic acids is 1. The molecule has 0 saturated carbocycles. The van der Waals surface area contributed by atoms with Crippen LogP contribution >= 0.6 is 22.9 Å². The molecule has 0 spiro atoms. The minimum atomic E-state index is -3.71. The van der Waals surface area contributed by atoms with Gasteiger partial charge >= 0.3 is 0 Å². The molecular weight excluding hydrogens is 322 g/mol. The Kier molecular flexibility index (Phi) is 5.95. The molecule has 0 N–H and O–H groups in total. The molecule has 0 aromatic carbocycles. The zero-order valence-corrected chi connectivity index (χ0v) is 13.4. The molecule has 1 heterocycles. The number of nitriles is 1. The standard InChI is InChI=1S/C11H14ClN3O3S2/c1-14(7-3-6-13)10(16)8-15(2)20(17,18)11-5-4-9(12)19-11/h4-5H,3,7-8H2,1-2H3. The van der Waals surface area contributed by atoms with Gasteiger partial charge in [-0.2, -0.15) is 9.57 Å². The quantitative estimate of drug-likeness (QED) is 0.786. The summed E-state index contributed by atoms with van der Waals surface area (Å²) in [6, 6.07) is 4.83. The summed E-state index contributed by atoms with van der Waals surface area (Å²) in [5, 5.41) is 8.45. The minimum Gasteiger partial charge on any atom is -0.344 e. The van der Waals surface area contributed by atoms with Gasteiger partial charge in [0.1, 0.15) is 4.21 Å². The Morgan fingerprint density at radius 1 is 1.45 bits per heavy atom. The Labute approximate surface area is 127 Å². The number of nitrogens with zero attached hydrogens (tertiary/aromatic N) is 3. The van der Waals surface area contributed by atoms with E-state index in [9.17, 15) is 13.2 Å². The fourth-order valence-electron chi connectivity index (χ4n) is 1.33. The van der Waals surface area contributed by atoms with E-state index >= 15 is 0 Å². The lowest BCUT2D eigenvalue weighted by atomic mass is 10.4. The summed E-state index contributed by atoms with van der Waals surface area (Å²) < 4.78 is 25.8. The van der Waals surface area contributed by atoms with Gasteiger partial charge in [-0.25, -0.2) is 8.42 Å². The van der Waals surface area contributed by atoms with Crippen molar-refractivity contribution in [3.05, 3.63) is 16.5 Å². The van der Waals surface area contributed by atoms with Crippen LogP contribution in [0.15, 0.2) is 16.3 Å². The third-order valence-electron chi connectivity index (χ3n) is 2.56. The van der Waals surface area contributed by atoms with Crippen LogP contribution in [0.5, 0.6) is 0 Å². The van der Waals surface area contributed by atoms with Crippen molar-refractivity contribution in [3.8, 4) is 6.07 Å². The van der Waals surface area contributed by atoms with Crippen LogP contribution in [-0.4, -0.2) is 50.7 Å². The highest BCUT2D eigenvalue weighted by atomic mass is 35.5. The van der Waals surface area contributed by atoms with E-state index in [-0.39, 0.29) is 29.6 Å². The molecule has 0 aliphatic rings. The van der Waals surface area contributed by atoms with Crippen LogP contribution in [0.4, 0.5) is 0 Å². The van der Waals surface area contributed by atoms with E-state index < -0.39 is 10.0 Å². The highest BCUT2D eigenvalue weighted by Gasteiger charge is 2.25. The predicted octanol–water partition coefficient (Wildman–Crippen LogP) is 1.39. The summed E-state index contributed by atoms with van der Waals surface area (Å²) in [6.45, 7) is -0.00612. The number of hydrogen-bond donors (Lipinski definition) is 0. The lowest BCUT2D eigenvalue weighted by Gasteiger charge is -2.20. The van der Waals surface area contributed by atoms with Gasteiger partial charge in [0, 0.05) is 20.6 Å². The Morgan fingerprint density at radius 3 is 2.60 bits per heavy atom. The molecule has 1 amide bonds. The molecule has 0 unspecified atom stereocenters. The molecule has 0 fully saturated rings. The molecule has 0 bridgehead atoms. The van der Waals surface area contributed by atoms with Crippen molar-refractivity contribution in [2.75, 3.05) is 27.2 Å². The van der Waals surface area contributed by atoms with Gasteiger partial charge in [-0.05, 0) is 12.1 Å². The Hall–Kier alpha value is -1.14. The first-order valence-electron chi connectivity index (χ1n) is 5.61. The summed E-state index contributed by atoms with van der Waals surface area (Å²) in [5.41, 5.74) is 0. The van der Waals surface area contributed by atoms with Crippen molar-refractivity contribution >= 4 is 38.9 Å². The fraction of sp³-hybridized carbons (Fsp3) is 0.455. The first-order chi connectivity index (χ1) is 9.28. The second kappa shape index (κ2) is 7.04. The smallest absolute Gasteiger partial charge is 0.252 e. The molecule has 0 radical (unpaired) electrons. The maximum atomic E-state index is 12.2. The SMILES string of the molecule is CN(CCC#N)C(=O)CN(C)S(=O)(=O)c1ccc(Cl)s1. The van der Waals surface area contributed by atoms with Gasteiger partial charge in [-0.3, -0.25) is 4.79 Å². The van der Waals surface area contributed by atoms with Crippen molar-refractivity contribution in [2.45, 2.75) is 10.6 Å². The molecule has 1 aromatic heterocycles. The van der Waals surface area contributed by atoms with Crippen molar-refractivity contribution in [3.63, 3.8) is 0 Å². The van der Waals surface area contributed by atoms with Crippen LogP contribution in [0, 0.1) is 11.3 Å². The largest absolute Gasteiger partial charge is 0.344 e. The van der Waals surface area contributed by atoms with Crippen LogP contribution in [-0.2, 0) is 14.8 Å². The third-order valence-corrected chi connectivity index (χ3v) is 6.06. The van der Waals surface area contributed by atoms with Crippen molar-refractivity contribution in [2.24, 2.45) is 0 Å². The molecule has 1 rings (SSSR count). The number of sulfonamides is 1. The minimum absolute atomic E-state index is 0.0949. The predicted molar refractivity (Wildman–Crippen MR) is 77.0 cm³/mol. The Morgan fingerprint density at radius 2 is 2.10 bits per heavy atom. The van der Waals surface area contributed by atoms with E-state index in [1.54, 1.807) is 0 Å². The first kappa shape index (κ1) is 16.9. The Balaban J connectivity index is 2.73. The average Bonchev–Trinajstić information content (AvgIpc) is 2.82. The van der Waals surface area contributed by atoms with Gasteiger partial charge < -0.3 is 4.90 Å². The molecule has 110 valence electrons. The molecular formula is C11H14ClN3O3S2. The molecule has 0 aliphatic carbocycles. The average molecular weight is 336 g/mol. The summed E-state index contributed by atoms with van der Waals surface area (Å²) in [5.74, 6) is -0.367. The van der Waals surface area contributed by atoms with Crippen molar-refractivity contribution in [1.82, 2.24) is 9.21 Å². The Bertz CT molecular complexity index is 621. The molecule has 0 atom stereocenters. The highest BCUT2D eigenvalue weighted by molar-refractivity contribution is 7.91. The van der Waals surface area contributed by atoms with Gasteiger partial charge in [0.05, 0.1) is 23.4 Å². The molecule has 1 aromatic rings.